The third kappa shape index (κ3) is 7.87. The van der Waals surface area contributed by atoms with Crippen LogP contribution in [0.25, 0.3) is 6.08 Å². The van der Waals surface area contributed by atoms with Crippen LogP contribution in [-0.4, -0.2) is 38.7 Å². The molecule has 2 aromatic rings. The number of halogens is 1. The van der Waals surface area contributed by atoms with Gasteiger partial charge in [-0.25, -0.2) is 4.79 Å². The molecular formula is C22H24ClNO5. The molecule has 0 fully saturated rings. The number of methoxy groups -OCH3 is 1. The van der Waals surface area contributed by atoms with E-state index in [9.17, 15) is 9.59 Å². The third-order valence-electron chi connectivity index (χ3n) is 3.87. The average Bonchev–Trinajstić information content (AvgIpc) is 2.71. The van der Waals surface area contributed by atoms with Crippen molar-refractivity contribution in [2.24, 2.45) is 0 Å². The number of esters is 1. The van der Waals surface area contributed by atoms with Crippen molar-refractivity contribution in [1.82, 2.24) is 5.32 Å². The van der Waals surface area contributed by atoms with E-state index < -0.39 is 5.97 Å². The molecule has 1 amide bonds. The Morgan fingerprint density at radius 1 is 1.14 bits per heavy atom. The van der Waals surface area contributed by atoms with Crippen LogP contribution >= 0.6 is 11.6 Å². The van der Waals surface area contributed by atoms with E-state index >= 15 is 0 Å². The van der Waals surface area contributed by atoms with Crippen molar-refractivity contribution in [1.29, 1.82) is 0 Å². The van der Waals surface area contributed by atoms with Crippen LogP contribution in [0.1, 0.15) is 18.1 Å². The zero-order valence-corrected chi connectivity index (χ0v) is 17.2. The summed E-state index contributed by atoms with van der Waals surface area (Å²) in [5, 5.41) is 3.35. The lowest BCUT2D eigenvalue weighted by atomic mass is 10.1. The highest BCUT2D eigenvalue weighted by Crippen LogP contribution is 2.28. The summed E-state index contributed by atoms with van der Waals surface area (Å²) in [6.45, 7) is 2.50. The van der Waals surface area contributed by atoms with Crippen LogP contribution in [0.15, 0.2) is 48.5 Å². The number of benzene rings is 2. The van der Waals surface area contributed by atoms with E-state index in [1.807, 2.05) is 25.1 Å². The first-order valence-corrected chi connectivity index (χ1v) is 9.56. The van der Waals surface area contributed by atoms with Gasteiger partial charge in [0, 0.05) is 17.6 Å². The molecule has 0 radical (unpaired) electrons. The van der Waals surface area contributed by atoms with Crippen LogP contribution < -0.4 is 14.8 Å². The van der Waals surface area contributed by atoms with Crippen LogP contribution in [0.3, 0.4) is 0 Å². The number of carbonyl (C=O) groups excluding carboxylic acids is 2. The SMILES string of the molecule is CCOc1ccc(/C=C/C(=O)OCC(=O)NCCc2cccc(Cl)c2)cc1OC. The van der Waals surface area contributed by atoms with E-state index in [0.717, 1.165) is 11.1 Å². The normalized spacial score (nSPS) is 10.6. The molecule has 154 valence electrons. The molecule has 0 unspecified atom stereocenters. The summed E-state index contributed by atoms with van der Waals surface area (Å²) in [6.07, 6.45) is 3.48. The Morgan fingerprint density at radius 2 is 1.97 bits per heavy atom. The molecule has 0 saturated carbocycles. The minimum atomic E-state index is -0.608. The van der Waals surface area contributed by atoms with E-state index in [-0.39, 0.29) is 12.5 Å². The highest BCUT2D eigenvalue weighted by atomic mass is 35.5. The van der Waals surface area contributed by atoms with Crippen molar-refractivity contribution in [2.45, 2.75) is 13.3 Å². The van der Waals surface area contributed by atoms with Crippen LogP contribution in [0.5, 0.6) is 11.5 Å². The van der Waals surface area contributed by atoms with Crippen molar-refractivity contribution in [2.75, 3.05) is 26.9 Å². The number of rotatable bonds is 10. The Labute approximate surface area is 175 Å². The topological polar surface area (TPSA) is 73.9 Å². The van der Waals surface area contributed by atoms with E-state index in [4.69, 9.17) is 25.8 Å². The monoisotopic (exact) mass is 417 g/mol. The molecule has 29 heavy (non-hydrogen) atoms. The van der Waals surface area contributed by atoms with Gasteiger partial charge in [0.15, 0.2) is 18.1 Å². The van der Waals surface area contributed by atoms with Gasteiger partial charge in [-0.15, -0.1) is 0 Å². The summed E-state index contributed by atoms with van der Waals surface area (Å²) < 4.78 is 15.7. The zero-order valence-electron chi connectivity index (χ0n) is 16.4. The van der Waals surface area contributed by atoms with Gasteiger partial charge in [-0.05, 0) is 54.8 Å². The number of nitrogens with one attached hydrogen (secondary N) is 1. The lowest BCUT2D eigenvalue weighted by Crippen LogP contribution is -2.30. The molecule has 0 aliphatic carbocycles. The van der Waals surface area contributed by atoms with Gasteiger partial charge in [-0.1, -0.05) is 29.8 Å². The highest BCUT2D eigenvalue weighted by molar-refractivity contribution is 6.30. The maximum absolute atomic E-state index is 11.8. The molecule has 0 aliphatic heterocycles. The van der Waals surface area contributed by atoms with Gasteiger partial charge in [0.2, 0.25) is 0 Å². The Kier molecular flexibility index (Phi) is 9.05. The molecule has 0 atom stereocenters. The first kappa shape index (κ1) is 22.3. The Hall–Kier alpha value is -2.99. The fraction of sp³-hybridized carbons (Fsp3) is 0.273. The fourth-order valence-corrected chi connectivity index (χ4v) is 2.71. The summed E-state index contributed by atoms with van der Waals surface area (Å²) >= 11 is 5.92. The molecule has 0 spiro atoms. The third-order valence-corrected chi connectivity index (χ3v) is 4.10. The van der Waals surface area contributed by atoms with E-state index in [1.54, 1.807) is 37.5 Å². The Morgan fingerprint density at radius 3 is 2.69 bits per heavy atom. The molecule has 2 aromatic carbocycles. The first-order valence-electron chi connectivity index (χ1n) is 9.18. The summed E-state index contributed by atoms with van der Waals surface area (Å²) in [4.78, 5) is 23.6. The van der Waals surface area contributed by atoms with Crippen LogP contribution in [0, 0.1) is 0 Å². The van der Waals surface area contributed by atoms with Crippen LogP contribution in [0.2, 0.25) is 5.02 Å². The zero-order chi connectivity index (χ0) is 21.1. The van der Waals surface area contributed by atoms with Gasteiger partial charge >= 0.3 is 5.97 Å². The lowest BCUT2D eigenvalue weighted by molar-refractivity contribution is -0.143. The van der Waals surface area contributed by atoms with Crippen LogP contribution in [-0.2, 0) is 20.7 Å². The number of hydrogen-bond donors (Lipinski definition) is 1. The van der Waals surface area contributed by atoms with Gasteiger partial charge < -0.3 is 19.5 Å². The Bertz CT molecular complexity index is 866. The molecular weight excluding hydrogens is 394 g/mol. The number of ether oxygens (including phenoxy) is 3. The minimum Gasteiger partial charge on any atom is -0.493 e. The van der Waals surface area contributed by atoms with Crippen molar-refractivity contribution >= 4 is 29.6 Å². The molecule has 1 N–H and O–H groups in total. The summed E-state index contributed by atoms with van der Waals surface area (Å²) in [5.74, 6) is 0.227. The highest BCUT2D eigenvalue weighted by Gasteiger charge is 2.06. The second-order valence-electron chi connectivity index (χ2n) is 6.01. The van der Waals surface area contributed by atoms with E-state index in [1.165, 1.54) is 6.08 Å². The molecule has 0 saturated heterocycles. The smallest absolute Gasteiger partial charge is 0.331 e. The fourth-order valence-electron chi connectivity index (χ4n) is 2.50. The van der Waals surface area contributed by atoms with Gasteiger partial charge in [-0.2, -0.15) is 0 Å². The number of carbonyl (C=O) groups is 2. The molecule has 2 rings (SSSR count). The van der Waals surface area contributed by atoms with E-state index in [2.05, 4.69) is 5.32 Å². The average molecular weight is 418 g/mol. The predicted octanol–water partition coefficient (Wildman–Crippen LogP) is 3.66. The second kappa shape index (κ2) is 11.8. The Balaban J connectivity index is 1.75. The standard InChI is InChI=1S/C22H24ClNO5/c1-3-28-19-9-7-17(14-20(19)27-2)8-10-22(26)29-15-21(25)24-12-11-16-5-4-6-18(23)13-16/h4-10,13-14H,3,11-12,15H2,1-2H3,(H,24,25)/b10-8+. The summed E-state index contributed by atoms with van der Waals surface area (Å²) in [6, 6.07) is 12.7. The predicted molar refractivity (Wildman–Crippen MR) is 112 cm³/mol. The van der Waals surface area contributed by atoms with Crippen molar-refractivity contribution in [3.8, 4) is 11.5 Å². The number of amides is 1. The minimum absolute atomic E-state index is 0.342. The number of hydrogen-bond acceptors (Lipinski definition) is 5. The summed E-state index contributed by atoms with van der Waals surface area (Å²) in [7, 11) is 1.55. The van der Waals surface area contributed by atoms with Crippen molar-refractivity contribution < 1.29 is 23.8 Å². The first-order chi connectivity index (χ1) is 14.0. The van der Waals surface area contributed by atoms with Gasteiger partial charge in [0.25, 0.3) is 5.91 Å². The molecule has 0 heterocycles. The van der Waals surface area contributed by atoms with Gasteiger partial charge in [-0.3, -0.25) is 4.79 Å². The summed E-state index contributed by atoms with van der Waals surface area (Å²) in [5.41, 5.74) is 1.76. The molecule has 0 aliphatic rings. The molecule has 6 nitrogen and oxygen atoms in total. The quantitative estimate of drug-likeness (QED) is 0.471. The largest absolute Gasteiger partial charge is 0.493 e. The maximum atomic E-state index is 11.8. The maximum Gasteiger partial charge on any atom is 0.331 e. The molecule has 0 bridgehead atoms. The lowest BCUT2D eigenvalue weighted by Gasteiger charge is -2.09. The molecule has 7 heteroatoms. The molecule has 0 aromatic heterocycles. The van der Waals surface area contributed by atoms with E-state index in [0.29, 0.717) is 36.1 Å². The van der Waals surface area contributed by atoms with Gasteiger partial charge in [0.05, 0.1) is 13.7 Å². The van der Waals surface area contributed by atoms with Gasteiger partial charge in [0.1, 0.15) is 0 Å². The second-order valence-corrected chi connectivity index (χ2v) is 6.45. The van der Waals surface area contributed by atoms with Crippen molar-refractivity contribution in [3.63, 3.8) is 0 Å². The van der Waals surface area contributed by atoms with Crippen LogP contribution in [0.4, 0.5) is 0 Å². The van der Waals surface area contributed by atoms with Crippen molar-refractivity contribution in [3.05, 3.63) is 64.7 Å².